The van der Waals surface area contributed by atoms with Crippen LogP contribution in [-0.4, -0.2) is 17.8 Å². The predicted octanol–water partition coefficient (Wildman–Crippen LogP) is 2.62. The summed E-state index contributed by atoms with van der Waals surface area (Å²) in [6.45, 7) is 5.14. The number of benzene rings is 1. The van der Waals surface area contributed by atoms with Gasteiger partial charge >= 0.3 is 0 Å². The van der Waals surface area contributed by atoms with Gasteiger partial charge in [0.05, 0.1) is 6.61 Å². The lowest BCUT2D eigenvalue weighted by atomic mass is 10.1. The maximum absolute atomic E-state index is 9.03. The molecule has 0 saturated carbocycles. The van der Waals surface area contributed by atoms with E-state index in [4.69, 9.17) is 5.11 Å². The lowest BCUT2D eigenvalue weighted by molar-refractivity contribution is 0.238. The second-order valence-corrected chi connectivity index (χ2v) is 4.61. The van der Waals surface area contributed by atoms with Gasteiger partial charge in [-0.25, -0.2) is 0 Å². The first kappa shape index (κ1) is 12.7. The minimum absolute atomic E-state index is 0.198. The monoisotopic (exact) mass is 271 g/mol. The normalized spacial score (nSPS) is 12.8. The molecule has 0 aliphatic carbocycles. The number of aliphatic hydroxyl groups excluding tert-OH is 1. The third kappa shape index (κ3) is 3.93. The molecule has 0 aromatic heterocycles. The van der Waals surface area contributed by atoms with Crippen molar-refractivity contribution in [1.82, 2.24) is 5.32 Å². The summed E-state index contributed by atoms with van der Waals surface area (Å²) in [6.07, 6.45) is 0.948. The van der Waals surface area contributed by atoms with E-state index in [0.717, 1.165) is 17.4 Å². The Balaban J connectivity index is 2.54. The number of rotatable bonds is 5. The highest BCUT2D eigenvalue weighted by Crippen LogP contribution is 2.17. The van der Waals surface area contributed by atoms with Gasteiger partial charge in [-0.2, -0.15) is 0 Å². The fraction of sp³-hybridized carbons (Fsp3) is 0.500. The molecule has 1 aromatic rings. The van der Waals surface area contributed by atoms with E-state index in [2.05, 4.69) is 53.3 Å². The smallest absolute Gasteiger partial charge is 0.0584 e. The highest BCUT2D eigenvalue weighted by Gasteiger charge is 2.03. The van der Waals surface area contributed by atoms with Crippen LogP contribution in [0.2, 0.25) is 0 Å². The average molecular weight is 272 g/mol. The van der Waals surface area contributed by atoms with Crippen molar-refractivity contribution in [2.45, 2.75) is 32.9 Å². The van der Waals surface area contributed by atoms with Crippen LogP contribution in [0.25, 0.3) is 0 Å². The van der Waals surface area contributed by atoms with E-state index in [0.29, 0.717) is 0 Å². The van der Waals surface area contributed by atoms with Crippen molar-refractivity contribution in [1.29, 1.82) is 0 Å². The van der Waals surface area contributed by atoms with Gasteiger partial charge in [0.25, 0.3) is 0 Å². The number of aliphatic hydroxyl groups is 1. The van der Waals surface area contributed by atoms with Crippen molar-refractivity contribution in [3.8, 4) is 0 Å². The maximum atomic E-state index is 9.03. The molecule has 1 aromatic carbocycles. The van der Waals surface area contributed by atoms with Crippen LogP contribution in [0.3, 0.4) is 0 Å². The maximum Gasteiger partial charge on any atom is 0.0584 e. The summed E-state index contributed by atoms with van der Waals surface area (Å²) in [4.78, 5) is 0. The van der Waals surface area contributed by atoms with E-state index in [1.54, 1.807) is 0 Å². The molecule has 0 fully saturated rings. The zero-order valence-corrected chi connectivity index (χ0v) is 10.8. The van der Waals surface area contributed by atoms with Gasteiger partial charge in [0, 0.05) is 17.1 Å². The van der Waals surface area contributed by atoms with Gasteiger partial charge in [0.15, 0.2) is 0 Å². The molecule has 0 amide bonds. The van der Waals surface area contributed by atoms with Crippen LogP contribution in [-0.2, 0) is 6.54 Å². The van der Waals surface area contributed by atoms with E-state index in [1.807, 2.05) is 0 Å². The molecule has 0 unspecified atom stereocenters. The van der Waals surface area contributed by atoms with Crippen LogP contribution in [0, 0.1) is 6.92 Å². The van der Waals surface area contributed by atoms with Gasteiger partial charge in [-0.15, -0.1) is 0 Å². The van der Waals surface area contributed by atoms with Crippen molar-refractivity contribution in [2.75, 3.05) is 6.61 Å². The van der Waals surface area contributed by atoms with Crippen LogP contribution in [0.1, 0.15) is 24.5 Å². The predicted molar refractivity (Wildman–Crippen MR) is 66.9 cm³/mol. The van der Waals surface area contributed by atoms with Crippen molar-refractivity contribution in [2.24, 2.45) is 0 Å². The summed E-state index contributed by atoms with van der Waals surface area (Å²) in [5.74, 6) is 0. The first-order chi connectivity index (χ1) is 7.17. The fourth-order valence-electron chi connectivity index (χ4n) is 1.35. The van der Waals surface area contributed by atoms with Crippen LogP contribution in [0.4, 0.5) is 0 Å². The first-order valence-corrected chi connectivity index (χ1v) is 6.06. The van der Waals surface area contributed by atoms with Gasteiger partial charge in [0.2, 0.25) is 0 Å². The lowest BCUT2D eigenvalue weighted by Crippen LogP contribution is -2.31. The zero-order chi connectivity index (χ0) is 11.3. The highest BCUT2D eigenvalue weighted by molar-refractivity contribution is 9.10. The topological polar surface area (TPSA) is 32.3 Å². The largest absolute Gasteiger partial charge is 0.395 e. The summed E-state index contributed by atoms with van der Waals surface area (Å²) >= 11 is 3.51. The van der Waals surface area contributed by atoms with E-state index < -0.39 is 0 Å². The van der Waals surface area contributed by atoms with Crippen molar-refractivity contribution in [3.63, 3.8) is 0 Å². The molecular formula is C12H18BrNO. The number of halogens is 1. The summed E-state index contributed by atoms with van der Waals surface area (Å²) in [5.41, 5.74) is 2.48. The number of hydrogen-bond acceptors (Lipinski definition) is 2. The van der Waals surface area contributed by atoms with E-state index >= 15 is 0 Å². The zero-order valence-electron chi connectivity index (χ0n) is 9.26. The molecule has 0 heterocycles. The number of nitrogens with one attached hydrogen (secondary N) is 1. The Hall–Kier alpha value is -0.380. The van der Waals surface area contributed by atoms with E-state index in [9.17, 15) is 0 Å². The van der Waals surface area contributed by atoms with Crippen LogP contribution in [0.15, 0.2) is 22.7 Å². The second-order valence-electron chi connectivity index (χ2n) is 3.75. The highest BCUT2D eigenvalue weighted by atomic mass is 79.9. The molecule has 15 heavy (non-hydrogen) atoms. The minimum atomic E-state index is 0.198. The fourth-order valence-corrected chi connectivity index (χ4v) is 1.77. The SMILES string of the molecule is CC[C@H](CO)NCc1ccc(C)c(Br)c1. The van der Waals surface area contributed by atoms with E-state index in [1.165, 1.54) is 11.1 Å². The minimum Gasteiger partial charge on any atom is -0.395 e. The Morgan fingerprint density at radius 2 is 2.20 bits per heavy atom. The Kier molecular flexibility index (Phi) is 5.29. The van der Waals surface area contributed by atoms with Crippen LogP contribution in [0.5, 0.6) is 0 Å². The summed E-state index contributed by atoms with van der Waals surface area (Å²) in [7, 11) is 0. The molecule has 1 rings (SSSR count). The van der Waals surface area contributed by atoms with Gasteiger partial charge in [-0.05, 0) is 30.5 Å². The van der Waals surface area contributed by atoms with Gasteiger partial charge in [0.1, 0.15) is 0 Å². The Morgan fingerprint density at radius 1 is 1.47 bits per heavy atom. The molecule has 0 radical (unpaired) electrons. The van der Waals surface area contributed by atoms with Crippen molar-refractivity contribution < 1.29 is 5.11 Å². The summed E-state index contributed by atoms with van der Waals surface area (Å²) in [5, 5.41) is 12.3. The molecule has 2 nitrogen and oxygen atoms in total. The van der Waals surface area contributed by atoms with E-state index in [-0.39, 0.29) is 12.6 Å². The molecule has 1 atom stereocenters. The van der Waals surface area contributed by atoms with Crippen LogP contribution >= 0.6 is 15.9 Å². The Morgan fingerprint density at radius 3 is 2.73 bits per heavy atom. The third-order valence-corrected chi connectivity index (χ3v) is 3.40. The second kappa shape index (κ2) is 6.26. The van der Waals surface area contributed by atoms with Gasteiger partial charge < -0.3 is 10.4 Å². The van der Waals surface area contributed by atoms with Gasteiger partial charge in [-0.3, -0.25) is 0 Å². The van der Waals surface area contributed by atoms with Crippen molar-refractivity contribution in [3.05, 3.63) is 33.8 Å². The molecule has 84 valence electrons. The quantitative estimate of drug-likeness (QED) is 0.863. The molecule has 0 aliphatic heterocycles. The lowest BCUT2D eigenvalue weighted by Gasteiger charge is -2.14. The standard InChI is InChI=1S/C12H18BrNO/c1-3-11(8-15)14-7-10-5-4-9(2)12(13)6-10/h4-6,11,14-15H,3,7-8H2,1-2H3/t11-/m1/s1. The summed E-state index contributed by atoms with van der Waals surface area (Å²) < 4.78 is 1.14. The molecule has 2 N–H and O–H groups in total. The third-order valence-electron chi connectivity index (χ3n) is 2.54. The van der Waals surface area contributed by atoms with Crippen LogP contribution < -0.4 is 5.32 Å². The average Bonchev–Trinajstić information content (AvgIpc) is 2.24. The number of hydrogen-bond donors (Lipinski definition) is 2. The first-order valence-electron chi connectivity index (χ1n) is 5.26. The molecule has 0 aliphatic rings. The molecule has 0 saturated heterocycles. The van der Waals surface area contributed by atoms with Crippen molar-refractivity contribution >= 4 is 15.9 Å². The summed E-state index contributed by atoms with van der Waals surface area (Å²) in [6, 6.07) is 6.52. The molecular weight excluding hydrogens is 254 g/mol. The molecule has 3 heteroatoms. The Labute approximate surface area is 99.8 Å². The molecule has 0 bridgehead atoms. The van der Waals surface area contributed by atoms with Gasteiger partial charge in [-0.1, -0.05) is 35.0 Å². The Bertz CT molecular complexity index is 310. The number of aryl methyl sites for hydroxylation is 1. The molecule has 0 spiro atoms.